The van der Waals surface area contributed by atoms with Crippen LogP contribution in [0.25, 0.3) is 0 Å². The lowest BCUT2D eigenvalue weighted by Crippen LogP contribution is -2.36. The van der Waals surface area contributed by atoms with Crippen molar-refractivity contribution in [3.05, 3.63) is 0 Å². The largest absolute Gasteiger partial charge is 0.355 e. The van der Waals surface area contributed by atoms with Gasteiger partial charge in [0.15, 0.2) is 0 Å². The molecule has 0 heterocycles. The molecular weight excluding hydrogens is 168 g/mol. The van der Waals surface area contributed by atoms with Gasteiger partial charge in [-0.3, -0.25) is 9.59 Å². The molecule has 2 amide bonds. The summed E-state index contributed by atoms with van der Waals surface area (Å²) in [5, 5.41) is 5.34. The number of carbonyl (C=O) groups excluding carboxylic acids is 2. The first-order valence-corrected chi connectivity index (χ1v) is 4.60. The summed E-state index contributed by atoms with van der Waals surface area (Å²) in [6.45, 7) is 6.31. The highest BCUT2D eigenvalue weighted by atomic mass is 16.2. The van der Waals surface area contributed by atoms with Gasteiger partial charge in [-0.2, -0.15) is 0 Å². The smallest absolute Gasteiger partial charge is 0.222 e. The SMILES string of the molecule is CCC(C)C(=O)NCCNC(C)=O. The summed E-state index contributed by atoms with van der Waals surface area (Å²) < 4.78 is 0. The van der Waals surface area contributed by atoms with E-state index in [1.54, 1.807) is 0 Å². The van der Waals surface area contributed by atoms with E-state index in [4.69, 9.17) is 0 Å². The Morgan fingerprint density at radius 2 is 1.77 bits per heavy atom. The van der Waals surface area contributed by atoms with Gasteiger partial charge in [0.1, 0.15) is 0 Å². The Balaban J connectivity index is 3.42. The van der Waals surface area contributed by atoms with E-state index in [1.165, 1.54) is 6.92 Å². The number of hydrogen-bond donors (Lipinski definition) is 2. The van der Waals surface area contributed by atoms with Gasteiger partial charge in [-0.25, -0.2) is 0 Å². The number of nitrogens with one attached hydrogen (secondary N) is 2. The van der Waals surface area contributed by atoms with Crippen LogP contribution in [-0.2, 0) is 9.59 Å². The number of rotatable bonds is 5. The Bertz CT molecular complexity index is 180. The van der Waals surface area contributed by atoms with E-state index in [0.29, 0.717) is 13.1 Å². The van der Waals surface area contributed by atoms with E-state index in [2.05, 4.69) is 10.6 Å². The third-order valence-corrected chi connectivity index (χ3v) is 1.86. The molecule has 0 rings (SSSR count). The van der Waals surface area contributed by atoms with Gasteiger partial charge in [0.25, 0.3) is 0 Å². The lowest BCUT2D eigenvalue weighted by Gasteiger charge is -2.09. The zero-order chi connectivity index (χ0) is 10.3. The van der Waals surface area contributed by atoms with Crippen molar-refractivity contribution in [1.82, 2.24) is 10.6 Å². The Morgan fingerprint density at radius 3 is 2.23 bits per heavy atom. The maximum absolute atomic E-state index is 11.2. The molecule has 1 unspecified atom stereocenters. The second-order valence-electron chi connectivity index (χ2n) is 3.08. The molecule has 0 fully saturated rings. The summed E-state index contributed by atoms with van der Waals surface area (Å²) in [7, 11) is 0. The first-order chi connectivity index (χ1) is 6.07. The summed E-state index contributed by atoms with van der Waals surface area (Å²) in [6, 6.07) is 0. The predicted molar refractivity (Wildman–Crippen MR) is 51.1 cm³/mol. The standard InChI is InChI=1S/C9H18N2O2/c1-4-7(2)9(13)11-6-5-10-8(3)12/h7H,4-6H2,1-3H3,(H,10,12)(H,11,13). The normalized spacial score (nSPS) is 11.9. The van der Waals surface area contributed by atoms with Crippen LogP contribution in [0.1, 0.15) is 27.2 Å². The van der Waals surface area contributed by atoms with E-state index >= 15 is 0 Å². The van der Waals surface area contributed by atoms with Crippen LogP contribution < -0.4 is 10.6 Å². The van der Waals surface area contributed by atoms with Crippen LogP contribution in [0, 0.1) is 5.92 Å². The second kappa shape index (κ2) is 6.46. The molecule has 0 radical (unpaired) electrons. The van der Waals surface area contributed by atoms with Crippen LogP contribution in [0.2, 0.25) is 0 Å². The van der Waals surface area contributed by atoms with Crippen LogP contribution in [0.15, 0.2) is 0 Å². The van der Waals surface area contributed by atoms with Gasteiger partial charge in [0.2, 0.25) is 11.8 Å². The summed E-state index contributed by atoms with van der Waals surface area (Å²) in [4.78, 5) is 21.6. The van der Waals surface area contributed by atoms with E-state index < -0.39 is 0 Å². The average Bonchev–Trinajstić information content (AvgIpc) is 2.10. The van der Waals surface area contributed by atoms with Crippen molar-refractivity contribution >= 4 is 11.8 Å². The minimum absolute atomic E-state index is 0.0489. The molecule has 0 bridgehead atoms. The van der Waals surface area contributed by atoms with Gasteiger partial charge in [-0.05, 0) is 6.42 Å². The van der Waals surface area contributed by atoms with E-state index in [9.17, 15) is 9.59 Å². The highest BCUT2D eigenvalue weighted by Crippen LogP contribution is 1.98. The molecule has 0 aliphatic rings. The number of amides is 2. The zero-order valence-corrected chi connectivity index (χ0v) is 8.52. The molecule has 0 aliphatic heterocycles. The van der Waals surface area contributed by atoms with Crippen molar-refractivity contribution in [1.29, 1.82) is 0 Å². The first-order valence-electron chi connectivity index (χ1n) is 4.60. The monoisotopic (exact) mass is 186 g/mol. The predicted octanol–water partition coefficient (Wildman–Crippen LogP) is 0.285. The van der Waals surface area contributed by atoms with Gasteiger partial charge in [-0.1, -0.05) is 13.8 Å². The maximum Gasteiger partial charge on any atom is 0.222 e. The highest BCUT2D eigenvalue weighted by Gasteiger charge is 2.08. The van der Waals surface area contributed by atoms with Crippen LogP contribution in [-0.4, -0.2) is 24.9 Å². The molecule has 0 aromatic rings. The van der Waals surface area contributed by atoms with Crippen molar-refractivity contribution < 1.29 is 9.59 Å². The minimum atomic E-state index is -0.0715. The van der Waals surface area contributed by atoms with Gasteiger partial charge in [-0.15, -0.1) is 0 Å². The fraction of sp³-hybridized carbons (Fsp3) is 0.778. The zero-order valence-electron chi connectivity index (χ0n) is 8.52. The molecule has 0 aliphatic carbocycles. The topological polar surface area (TPSA) is 58.2 Å². The molecule has 4 heteroatoms. The Kier molecular flexibility index (Phi) is 5.93. The van der Waals surface area contributed by atoms with Gasteiger partial charge < -0.3 is 10.6 Å². The maximum atomic E-state index is 11.2. The number of carbonyl (C=O) groups is 2. The summed E-state index contributed by atoms with van der Waals surface area (Å²) >= 11 is 0. The average molecular weight is 186 g/mol. The van der Waals surface area contributed by atoms with Crippen LogP contribution in [0.4, 0.5) is 0 Å². The summed E-state index contributed by atoms with van der Waals surface area (Å²) in [5.74, 6) is 0.0305. The van der Waals surface area contributed by atoms with Gasteiger partial charge in [0, 0.05) is 25.9 Å². The third-order valence-electron chi connectivity index (χ3n) is 1.86. The molecule has 0 saturated carbocycles. The van der Waals surface area contributed by atoms with Crippen molar-refractivity contribution in [2.24, 2.45) is 5.92 Å². The Hall–Kier alpha value is -1.06. The van der Waals surface area contributed by atoms with E-state index in [1.807, 2.05) is 13.8 Å². The lowest BCUT2D eigenvalue weighted by atomic mass is 10.1. The van der Waals surface area contributed by atoms with Crippen molar-refractivity contribution in [3.63, 3.8) is 0 Å². The van der Waals surface area contributed by atoms with Crippen molar-refractivity contribution in [3.8, 4) is 0 Å². The molecule has 76 valence electrons. The van der Waals surface area contributed by atoms with Gasteiger partial charge in [0.05, 0.1) is 0 Å². The van der Waals surface area contributed by atoms with E-state index in [0.717, 1.165) is 6.42 Å². The van der Waals surface area contributed by atoms with Crippen molar-refractivity contribution in [2.45, 2.75) is 27.2 Å². The fourth-order valence-electron chi connectivity index (χ4n) is 0.784. The van der Waals surface area contributed by atoms with E-state index in [-0.39, 0.29) is 17.7 Å². The summed E-state index contributed by atoms with van der Waals surface area (Å²) in [5.41, 5.74) is 0. The third kappa shape index (κ3) is 6.13. The molecule has 0 spiro atoms. The lowest BCUT2D eigenvalue weighted by molar-refractivity contribution is -0.125. The molecule has 0 aromatic heterocycles. The summed E-state index contributed by atoms with van der Waals surface area (Å²) in [6.07, 6.45) is 0.839. The minimum Gasteiger partial charge on any atom is -0.355 e. The van der Waals surface area contributed by atoms with Gasteiger partial charge >= 0.3 is 0 Å². The molecule has 0 saturated heterocycles. The molecule has 2 N–H and O–H groups in total. The first kappa shape index (κ1) is 11.9. The number of hydrogen-bond acceptors (Lipinski definition) is 2. The Labute approximate surface area is 79.1 Å². The highest BCUT2D eigenvalue weighted by molar-refractivity contribution is 5.78. The van der Waals surface area contributed by atoms with Crippen molar-refractivity contribution in [2.75, 3.05) is 13.1 Å². The quantitative estimate of drug-likeness (QED) is 0.606. The van der Waals surface area contributed by atoms with Crippen LogP contribution in [0.3, 0.4) is 0 Å². The molecular formula is C9H18N2O2. The van der Waals surface area contributed by atoms with Crippen LogP contribution >= 0.6 is 0 Å². The molecule has 1 atom stereocenters. The Morgan fingerprint density at radius 1 is 1.23 bits per heavy atom. The fourth-order valence-corrected chi connectivity index (χ4v) is 0.784. The molecule has 13 heavy (non-hydrogen) atoms. The molecule has 4 nitrogen and oxygen atoms in total. The van der Waals surface area contributed by atoms with Crippen LogP contribution in [0.5, 0.6) is 0 Å². The second-order valence-corrected chi connectivity index (χ2v) is 3.08. The molecule has 0 aromatic carbocycles.